The Morgan fingerprint density at radius 1 is 1.04 bits per heavy atom. The van der Waals surface area contributed by atoms with Gasteiger partial charge in [0.05, 0.1) is 12.7 Å². The molecule has 128 valence electrons. The van der Waals surface area contributed by atoms with E-state index in [1.54, 1.807) is 4.68 Å². The molecule has 5 nitrogen and oxygen atoms in total. The van der Waals surface area contributed by atoms with E-state index < -0.39 is 0 Å². The van der Waals surface area contributed by atoms with Crippen molar-refractivity contribution < 1.29 is 0 Å². The van der Waals surface area contributed by atoms with Gasteiger partial charge in [0.15, 0.2) is 5.96 Å². The van der Waals surface area contributed by atoms with Gasteiger partial charge in [-0.3, -0.25) is 4.68 Å². The fourth-order valence-corrected chi connectivity index (χ4v) is 2.41. The lowest BCUT2D eigenvalue weighted by molar-refractivity contribution is 0.766. The molecule has 0 aliphatic carbocycles. The van der Waals surface area contributed by atoms with Crippen molar-refractivity contribution in [1.82, 2.24) is 15.1 Å². The summed E-state index contributed by atoms with van der Waals surface area (Å²) in [5.41, 5.74) is 4.56. The number of aryl methyl sites for hydroxylation is 2. The molecule has 2 aromatic carbocycles. The second-order valence-electron chi connectivity index (χ2n) is 6.02. The summed E-state index contributed by atoms with van der Waals surface area (Å²) >= 11 is 0. The van der Waals surface area contributed by atoms with Gasteiger partial charge in [0.2, 0.25) is 0 Å². The van der Waals surface area contributed by atoms with E-state index in [9.17, 15) is 0 Å². The lowest BCUT2D eigenvalue weighted by atomic mass is 10.1. The first-order chi connectivity index (χ1) is 12.2. The first-order valence-corrected chi connectivity index (χ1v) is 8.32. The second kappa shape index (κ2) is 8.15. The molecule has 2 N–H and O–H groups in total. The van der Waals surface area contributed by atoms with Gasteiger partial charge in [-0.15, -0.1) is 0 Å². The maximum absolute atomic E-state index is 4.68. The van der Waals surface area contributed by atoms with Gasteiger partial charge in [-0.25, -0.2) is 4.99 Å². The van der Waals surface area contributed by atoms with Crippen LogP contribution in [0.4, 0.5) is 5.69 Å². The van der Waals surface area contributed by atoms with Gasteiger partial charge in [0, 0.05) is 31.0 Å². The number of nitrogens with zero attached hydrogens (tertiary/aromatic N) is 3. The standard InChI is InChI=1S/C20H23N5/c1-16-8-10-17(11-9-16)12-21-20(24-19-6-4-3-5-7-19)22-13-18-14-23-25(2)15-18/h3-11,14-15H,12-13H2,1-2H3,(H2,21,22,24). The minimum atomic E-state index is 0.573. The van der Waals surface area contributed by atoms with Crippen LogP contribution < -0.4 is 10.6 Å². The molecule has 25 heavy (non-hydrogen) atoms. The summed E-state index contributed by atoms with van der Waals surface area (Å²) in [6.07, 6.45) is 3.81. The summed E-state index contributed by atoms with van der Waals surface area (Å²) in [5.74, 6) is 0.746. The van der Waals surface area contributed by atoms with Crippen LogP contribution >= 0.6 is 0 Å². The smallest absolute Gasteiger partial charge is 0.196 e. The van der Waals surface area contributed by atoms with Crippen molar-refractivity contribution in [3.8, 4) is 0 Å². The monoisotopic (exact) mass is 333 g/mol. The van der Waals surface area contributed by atoms with E-state index in [1.165, 1.54) is 11.1 Å². The van der Waals surface area contributed by atoms with Gasteiger partial charge in [-0.05, 0) is 24.6 Å². The fraction of sp³-hybridized carbons (Fsp3) is 0.200. The molecular formula is C20H23N5. The number of hydrogen-bond donors (Lipinski definition) is 2. The minimum absolute atomic E-state index is 0.573. The number of aromatic nitrogens is 2. The average Bonchev–Trinajstić information content (AvgIpc) is 3.05. The Labute approximate surface area is 148 Å². The van der Waals surface area contributed by atoms with Crippen LogP contribution in [0.5, 0.6) is 0 Å². The SMILES string of the molecule is Cc1ccc(CNC(=NCc2cnn(C)c2)Nc2ccccc2)cc1. The molecule has 0 aliphatic heterocycles. The van der Waals surface area contributed by atoms with Crippen LogP contribution in [0.3, 0.4) is 0 Å². The Hall–Kier alpha value is -3.08. The van der Waals surface area contributed by atoms with Crippen LogP contribution in [0.1, 0.15) is 16.7 Å². The van der Waals surface area contributed by atoms with Crippen molar-refractivity contribution in [1.29, 1.82) is 0 Å². The molecule has 3 aromatic rings. The molecule has 0 fully saturated rings. The first kappa shape index (κ1) is 16.8. The van der Waals surface area contributed by atoms with Gasteiger partial charge in [0.1, 0.15) is 0 Å². The second-order valence-corrected chi connectivity index (χ2v) is 6.02. The van der Waals surface area contributed by atoms with Gasteiger partial charge < -0.3 is 10.6 Å². The third-order valence-corrected chi connectivity index (χ3v) is 3.80. The summed E-state index contributed by atoms with van der Waals surface area (Å²) in [5, 5.41) is 10.9. The van der Waals surface area contributed by atoms with E-state index in [2.05, 4.69) is 51.9 Å². The van der Waals surface area contributed by atoms with Crippen LogP contribution in [-0.4, -0.2) is 15.7 Å². The Morgan fingerprint density at radius 3 is 2.48 bits per heavy atom. The molecule has 1 heterocycles. The van der Waals surface area contributed by atoms with Crippen molar-refractivity contribution in [3.63, 3.8) is 0 Å². The first-order valence-electron chi connectivity index (χ1n) is 8.32. The number of benzene rings is 2. The maximum atomic E-state index is 4.68. The molecule has 3 rings (SSSR count). The average molecular weight is 333 g/mol. The zero-order valence-corrected chi connectivity index (χ0v) is 14.6. The summed E-state index contributed by atoms with van der Waals surface area (Å²) in [6, 6.07) is 18.5. The molecule has 0 unspecified atom stereocenters. The molecule has 0 aliphatic rings. The molecule has 0 radical (unpaired) electrons. The number of nitrogens with one attached hydrogen (secondary N) is 2. The highest BCUT2D eigenvalue weighted by molar-refractivity contribution is 5.93. The Balaban J connectivity index is 1.69. The van der Waals surface area contributed by atoms with E-state index in [4.69, 9.17) is 0 Å². The topological polar surface area (TPSA) is 54.2 Å². The van der Waals surface area contributed by atoms with Crippen LogP contribution in [0.25, 0.3) is 0 Å². The lowest BCUT2D eigenvalue weighted by Crippen LogP contribution is -2.30. The lowest BCUT2D eigenvalue weighted by Gasteiger charge is -2.13. The van der Waals surface area contributed by atoms with Crippen molar-refractivity contribution >= 4 is 11.6 Å². The van der Waals surface area contributed by atoms with E-state index in [0.717, 1.165) is 17.2 Å². The van der Waals surface area contributed by atoms with Crippen molar-refractivity contribution in [2.45, 2.75) is 20.0 Å². The van der Waals surface area contributed by atoms with E-state index in [1.807, 2.05) is 49.8 Å². The molecule has 1 aromatic heterocycles. The normalized spacial score (nSPS) is 11.4. The van der Waals surface area contributed by atoms with Crippen LogP contribution in [-0.2, 0) is 20.1 Å². The van der Waals surface area contributed by atoms with Crippen LogP contribution in [0.15, 0.2) is 72.0 Å². The number of rotatable bonds is 5. The van der Waals surface area contributed by atoms with Crippen LogP contribution in [0, 0.1) is 6.92 Å². The summed E-state index contributed by atoms with van der Waals surface area (Å²) in [6.45, 7) is 3.38. The minimum Gasteiger partial charge on any atom is -0.352 e. The van der Waals surface area contributed by atoms with Crippen molar-refractivity contribution in [3.05, 3.63) is 83.7 Å². The number of guanidine groups is 1. The fourth-order valence-electron chi connectivity index (χ4n) is 2.41. The largest absolute Gasteiger partial charge is 0.352 e. The summed E-state index contributed by atoms with van der Waals surface area (Å²) < 4.78 is 1.79. The number of aliphatic imine (C=N–C) groups is 1. The number of hydrogen-bond acceptors (Lipinski definition) is 2. The van der Waals surface area contributed by atoms with Crippen molar-refractivity contribution in [2.24, 2.45) is 12.0 Å². The van der Waals surface area contributed by atoms with E-state index in [-0.39, 0.29) is 0 Å². The van der Waals surface area contributed by atoms with Gasteiger partial charge in [0.25, 0.3) is 0 Å². The zero-order chi connectivity index (χ0) is 17.5. The van der Waals surface area contributed by atoms with E-state index in [0.29, 0.717) is 13.1 Å². The number of para-hydroxylation sites is 1. The van der Waals surface area contributed by atoms with Gasteiger partial charge >= 0.3 is 0 Å². The summed E-state index contributed by atoms with van der Waals surface area (Å²) in [7, 11) is 1.91. The Morgan fingerprint density at radius 2 is 1.80 bits per heavy atom. The molecule has 0 atom stereocenters. The van der Waals surface area contributed by atoms with Gasteiger partial charge in [-0.2, -0.15) is 5.10 Å². The third kappa shape index (κ3) is 5.21. The van der Waals surface area contributed by atoms with Gasteiger partial charge in [-0.1, -0.05) is 48.0 Å². The predicted molar refractivity (Wildman–Crippen MR) is 102 cm³/mol. The molecular weight excluding hydrogens is 310 g/mol. The molecule has 0 saturated heterocycles. The maximum Gasteiger partial charge on any atom is 0.196 e. The molecule has 0 amide bonds. The Kier molecular flexibility index (Phi) is 5.46. The predicted octanol–water partition coefficient (Wildman–Crippen LogP) is 3.49. The highest BCUT2D eigenvalue weighted by Crippen LogP contribution is 2.07. The zero-order valence-electron chi connectivity index (χ0n) is 14.6. The highest BCUT2D eigenvalue weighted by Gasteiger charge is 2.02. The number of anilines is 1. The molecule has 0 spiro atoms. The molecule has 0 saturated carbocycles. The highest BCUT2D eigenvalue weighted by atomic mass is 15.2. The third-order valence-electron chi connectivity index (χ3n) is 3.80. The molecule has 5 heteroatoms. The molecule has 0 bridgehead atoms. The quantitative estimate of drug-likeness (QED) is 0.555. The summed E-state index contributed by atoms with van der Waals surface area (Å²) in [4.78, 5) is 4.68. The van der Waals surface area contributed by atoms with Crippen molar-refractivity contribution in [2.75, 3.05) is 5.32 Å². The van der Waals surface area contributed by atoms with E-state index >= 15 is 0 Å². The van der Waals surface area contributed by atoms with Crippen LogP contribution in [0.2, 0.25) is 0 Å². The Bertz CT molecular complexity index is 819.